The van der Waals surface area contributed by atoms with E-state index in [4.69, 9.17) is 16.1 Å². The second-order valence-corrected chi connectivity index (χ2v) is 5.02. The van der Waals surface area contributed by atoms with Crippen molar-refractivity contribution in [2.24, 2.45) is 0 Å². The Balaban J connectivity index is 2.20. The molecule has 0 aliphatic heterocycles. The zero-order valence-corrected chi connectivity index (χ0v) is 11.4. The van der Waals surface area contributed by atoms with Gasteiger partial charge in [0.25, 0.3) is 5.69 Å². The Labute approximate surface area is 111 Å². The number of aromatic nitrogens is 2. The van der Waals surface area contributed by atoms with Gasteiger partial charge in [0.15, 0.2) is 6.04 Å². The molecule has 1 aromatic heterocycles. The number of halogens is 1. The predicted octanol–water partition coefficient (Wildman–Crippen LogP) is 2.55. The van der Waals surface area contributed by atoms with Crippen LogP contribution in [0.4, 0.5) is 5.88 Å². The molecule has 100 valence electrons. The molecule has 1 aliphatic rings. The van der Waals surface area contributed by atoms with E-state index in [2.05, 4.69) is 10.6 Å². The van der Waals surface area contributed by atoms with Gasteiger partial charge in [-0.1, -0.05) is 12.8 Å². The lowest BCUT2D eigenvalue weighted by Crippen LogP contribution is -2.44. The maximum Gasteiger partial charge on any atom is 0.306 e. The Hall–Kier alpha value is -1.10. The second-order valence-electron chi connectivity index (χ2n) is 4.75. The fraction of sp³-hybridized carbons (Fsp3) is 0.750. The lowest BCUT2D eigenvalue weighted by atomic mass is 10.1. The quantitative estimate of drug-likeness (QED) is 0.523. The number of anilines is 1. The molecule has 0 aromatic carbocycles. The molecule has 0 unspecified atom stereocenters. The fourth-order valence-corrected chi connectivity index (χ4v) is 2.70. The van der Waals surface area contributed by atoms with Gasteiger partial charge < -0.3 is 0 Å². The number of nitrogens with one attached hydrogen (secondary N) is 1. The van der Waals surface area contributed by atoms with Crippen molar-refractivity contribution < 1.29 is 14.0 Å². The lowest BCUT2D eigenvalue weighted by Gasteiger charge is -2.04. The summed E-state index contributed by atoms with van der Waals surface area (Å²) in [6, 6.07) is 0.340. The minimum Gasteiger partial charge on any atom is -0.289 e. The van der Waals surface area contributed by atoms with Gasteiger partial charge in [-0.3, -0.25) is 14.6 Å². The van der Waals surface area contributed by atoms with E-state index in [1.165, 1.54) is 32.6 Å². The highest BCUT2D eigenvalue weighted by Gasteiger charge is 2.32. The first-order valence-electron chi connectivity index (χ1n) is 6.46. The van der Waals surface area contributed by atoms with Gasteiger partial charge in [-0.2, -0.15) is 0 Å². The fourth-order valence-electron chi connectivity index (χ4n) is 2.46. The summed E-state index contributed by atoms with van der Waals surface area (Å²) in [6.45, 7) is 1.44. The van der Waals surface area contributed by atoms with Gasteiger partial charge in [0.05, 0.1) is 0 Å². The molecule has 1 fully saturated rings. The molecule has 0 spiro atoms. The molecule has 1 aromatic rings. The molecule has 5 nitrogen and oxygen atoms in total. The number of hydrogen-bond acceptors (Lipinski definition) is 3. The van der Waals surface area contributed by atoms with Crippen LogP contribution in [0.1, 0.15) is 57.2 Å². The molecular formula is C12H19ClN3O2+. The summed E-state index contributed by atoms with van der Waals surface area (Å²) in [5.74, 6) is 0.488. The monoisotopic (exact) mass is 272 g/mol. The Kier molecular flexibility index (Phi) is 4.58. The molecule has 18 heavy (non-hydrogen) atoms. The summed E-state index contributed by atoms with van der Waals surface area (Å²) >= 11 is 5.95. The van der Waals surface area contributed by atoms with Crippen LogP contribution in [-0.2, 0) is 10.7 Å². The Morgan fingerprint density at radius 2 is 2.11 bits per heavy atom. The standard InChI is InChI=1S/C12H18ClN3O2/c1-9(17)14-12-11(8-13)16(15-18-12)10-6-4-2-3-5-7-10/h10H,2-8H2,1H3/p+1. The Morgan fingerprint density at radius 3 is 2.67 bits per heavy atom. The maximum absolute atomic E-state index is 11.1. The second kappa shape index (κ2) is 6.18. The Bertz CT molecular complexity index is 411. The van der Waals surface area contributed by atoms with Crippen molar-refractivity contribution in [3.63, 3.8) is 0 Å². The number of amides is 1. The van der Waals surface area contributed by atoms with E-state index in [0.29, 0.717) is 11.9 Å². The van der Waals surface area contributed by atoms with Crippen LogP contribution < -0.4 is 10.00 Å². The zero-order chi connectivity index (χ0) is 13.0. The van der Waals surface area contributed by atoms with Crippen LogP contribution in [-0.4, -0.2) is 11.2 Å². The molecule has 1 heterocycles. The van der Waals surface area contributed by atoms with Gasteiger partial charge in [0.2, 0.25) is 11.2 Å². The Morgan fingerprint density at radius 1 is 1.44 bits per heavy atom. The third kappa shape index (κ3) is 3.02. The molecule has 1 saturated carbocycles. The lowest BCUT2D eigenvalue weighted by molar-refractivity contribution is -0.791. The van der Waals surface area contributed by atoms with Crippen molar-refractivity contribution in [1.29, 1.82) is 0 Å². The number of alkyl halides is 1. The predicted molar refractivity (Wildman–Crippen MR) is 67.3 cm³/mol. The van der Waals surface area contributed by atoms with E-state index >= 15 is 0 Å². The van der Waals surface area contributed by atoms with Gasteiger partial charge in [0.1, 0.15) is 5.88 Å². The molecule has 0 atom stereocenters. The van der Waals surface area contributed by atoms with Crippen LogP contribution in [0.25, 0.3) is 0 Å². The van der Waals surface area contributed by atoms with Crippen molar-refractivity contribution in [3.8, 4) is 0 Å². The minimum atomic E-state index is -0.175. The number of carbonyl (C=O) groups excluding carboxylic acids is 1. The van der Waals surface area contributed by atoms with Gasteiger partial charge >= 0.3 is 5.88 Å². The van der Waals surface area contributed by atoms with Crippen LogP contribution in [0.15, 0.2) is 4.52 Å². The van der Waals surface area contributed by atoms with E-state index in [-0.39, 0.29) is 11.8 Å². The smallest absolute Gasteiger partial charge is 0.289 e. The molecule has 6 heteroatoms. The maximum atomic E-state index is 11.1. The van der Waals surface area contributed by atoms with E-state index in [1.54, 1.807) is 0 Å². The van der Waals surface area contributed by atoms with Crippen molar-refractivity contribution in [3.05, 3.63) is 5.69 Å². The van der Waals surface area contributed by atoms with E-state index < -0.39 is 0 Å². The summed E-state index contributed by atoms with van der Waals surface area (Å²) in [6.07, 6.45) is 7.18. The molecule has 0 radical (unpaired) electrons. The van der Waals surface area contributed by atoms with Gasteiger partial charge in [-0.15, -0.1) is 11.6 Å². The van der Waals surface area contributed by atoms with Gasteiger partial charge in [0, 0.05) is 19.8 Å². The van der Waals surface area contributed by atoms with Crippen LogP contribution in [0.3, 0.4) is 0 Å². The number of rotatable bonds is 3. The molecule has 0 bridgehead atoms. The highest BCUT2D eigenvalue weighted by atomic mass is 35.5. The number of hydrogen-bond donors (Lipinski definition) is 1. The van der Waals surface area contributed by atoms with Crippen molar-refractivity contribution in [2.75, 3.05) is 5.32 Å². The van der Waals surface area contributed by atoms with Gasteiger partial charge in [-0.05, 0) is 17.5 Å². The van der Waals surface area contributed by atoms with Crippen molar-refractivity contribution in [1.82, 2.24) is 5.27 Å². The molecule has 1 amide bonds. The van der Waals surface area contributed by atoms with Gasteiger partial charge in [-0.25, -0.2) is 0 Å². The molecular weight excluding hydrogens is 254 g/mol. The molecule has 1 N–H and O–H groups in total. The van der Waals surface area contributed by atoms with Crippen molar-refractivity contribution in [2.45, 2.75) is 57.4 Å². The zero-order valence-electron chi connectivity index (χ0n) is 10.6. The summed E-state index contributed by atoms with van der Waals surface area (Å²) in [4.78, 5) is 11.1. The highest BCUT2D eigenvalue weighted by Crippen LogP contribution is 2.25. The van der Waals surface area contributed by atoms with Crippen LogP contribution in [0.2, 0.25) is 0 Å². The van der Waals surface area contributed by atoms with E-state index in [0.717, 1.165) is 18.5 Å². The SMILES string of the molecule is CC(=O)Nc1on[n+](C2CCCCCC2)c1CCl. The average molecular weight is 273 g/mol. The van der Waals surface area contributed by atoms with E-state index in [1.807, 2.05) is 4.68 Å². The first-order valence-corrected chi connectivity index (χ1v) is 6.99. The first kappa shape index (κ1) is 13.3. The van der Waals surface area contributed by atoms with Crippen LogP contribution >= 0.6 is 11.6 Å². The van der Waals surface area contributed by atoms with Crippen LogP contribution in [0, 0.1) is 0 Å². The molecule has 0 saturated heterocycles. The normalized spacial score (nSPS) is 17.4. The van der Waals surface area contributed by atoms with Crippen LogP contribution in [0.5, 0.6) is 0 Å². The first-order chi connectivity index (χ1) is 8.72. The average Bonchev–Trinajstić information content (AvgIpc) is 2.57. The molecule has 2 rings (SSSR count). The minimum absolute atomic E-state index is 0.175. The summed E-state index contributed by atoms with van der Waals surface area (Å²) in [5, 5.41) is 6.67. The third-order valence-corrected chi connectivity index (χ3v) is 3.60. The summed E-state index contributed by atoms with van der Waals surface area (Å²) in [5.41, 5.74) is 0.763. The highest BCUT2D eigenvalue weighted by molar-refractivity contribution is 6.17. The summed E-state index contributed by atoms with van der Waals surface area (Å²) in [7, 11) is 0. The topological polar surface area (TPSA) is 59.0 Å². The number of carbonyl (C=O) groups is 1. The third-order valence-electron chi connectivity index (χ3n) is 3.35. The van der Waals surface area contributed by atoms with E-state index in [9.17, 15) is 4.79 Å². The van der Waals surface area contributed by atoms with Crippen molar-refractivity contribution >= 4 is 23.4 Å². The number of nitrogens with zero attached hydrogens (tertiary/aromatic N) is 2. The largest absolute Gasteiger partial charge is 0.306 e. The summed E-state index contributed by atoms with van der Waals surface area (Å²) < 4.78 is 7.04. The molecule has 1 aliphatic carbocycles.